The molecule has 0 bridgehead atoms. The Labute approximate surface area is 125 Å². The Bertz CT molecular complexity index is 649. The van der Waals surface area contributed by atoms with Gasteiger partial charge in [-0.3, -0.25) is 14.3 Å². The molecule has 112 valence electrons. The van der Waals surface area contributed by atoms with Crippen LogP contribution >= 0.6 is 11.3 Å². The molecule has 2 rings (SSSR count). The summed E-state index contributed by atoms with van der Waals surface area (Å²) in [5, 5.41) is 15.3. The molecule has 0 spiro atoms. The minimum atomic E-state index is -1.03. The Morgan fingerprint density at radius 2 is 2.24 bits per heavy atom. The highest BCUT2D eigenvalue weighted by molar-refractivity contribution is 7.13. The fraction of sp³-hybridized carbons (Fsp3) is 0.385. The zero-order valence-electron chi connectivity index (χ0n) is 11.8. The van der Waals surface area contributed by atoms with Crippen molar-refractivity contribution in [1.29, 1.82) is 0 Å². The van der Waals surface area contributed by atoms with Crippen molar-refractivity contribution >= 4 is 23.2 Å². The second-order valence-corrected chi connectivity index (χ2v) is 5.42. The third kappa shape index (κ3) is 3.66. The van der Waals surface area contributed by atoms with Crippen LogP contribution in [0.1, 0.15) is 23.8 Å². The number of hydrogen-bond donors (Lipinski definition) is 1. The number of carbonyl (C=O) groups excluding carboxylic acids is 1. The molecular weight excluding hydrogens is 292 g/mol. The smallest absolute Gasteiger partial charge is 0.323 e. The van der Waals surface area contributed by atoms with Gasteiger partial charge in [-0.15, -0.1) is 11.3 Å². The first-order valence-corrected chi connectivity index (χ1v) is 7.34. The van der Waals surface area contributed by atoms with Crippen molar-refractivity contribution in [3.05, 3.63) is 23.5 Å². The van der Waals surface area contributed by atoms with Crippen LogP contribution in [-0.2, 0) is 11.8 Å². The second-order valence-electron chi connectivity index (χ2n) is 4.56. The highest BCUT2D eigenvalue weighted by Gasteiger charge is 2.20. The summed E-state index contributed by atoms with van der Waals surface area (Å²) in [6, 6.07) is 0. The van der Waals surface area contributed by atoms with Gasteiger partial charge in [0.15, 0.2) is 0 Å². The summed E-state index contributed by atoms with van der Waals surface area (Å²) in [5.41, 5.74) is 1.11. The molecule has 2 aromatic heterocycles. The van der Waals surface area contributed by atoms with Gasteiger partial charge in [-0.1, -0.05) is 6.92 Å². The molecule has 0 aliphatic heterocycles. The lowest BCUT2D eigenvalue weighted by molar-refractivity contribution is -0.137. The maximum atomic E-state index is 12.3. The average molecular weight is 308 g/mol. The molecule has 2 heterocycles. The summed E-state index contributed by atoms with van der Waals surface area (Å²) in [6.07, 6.45) is 4.18. The van der Waals surface area contributed by atoms with Gasteiger partial charge in [-0.2, -0.15) is 5.10 Å². The van der Waals surface area contributed by atoms with E-state index in [9.17, 15) is 9.59 Å². The van der Waals surface area contributed by atoms with Gasteiger partial charge in [0.05, 0.1) is 6.20 Å². The molecule has 1 amide bonds. The van der Waals surface area contributed by atoms with Crippen molar-refractivity contribution in [1.82, 2.24) is 19.7 Å². The van der Waals surface area contributed by atoms with Gasteiger partial charge in [0, 0.05) is 30.7 Å². The van der Waals surface area contributed by atoms with E-state index in [0.29, 0.717) is 18.0 Å². The van der Waals surface area contributed by atoms with Crippen LogP contribution in [0.2, 0.25) is 0 Å². The van der Waals surface area contributed by atoms with Gasteiger partial charge in [-0.05, 0) is 6.42 Å². The van der Waals surface area contributed by atoms with E-state index >= 15 is 0 Å². The van der Waals surface area contributed by atoms with Gasteiger partial charge in [-0.25, -0.2) is 4.98 Å². The molecule has 21 heavy (non-hydrogen) atoms. The van der Waals surface area contributed by atoms with Crippen LogP contribution in [-0.4, -0.2) is 49.7 Å². The maximum absolute atomic E-state index is 12.3. The monoisotopic (exact) mass is 308 g/mol. The second kappa shape index (κ2) is 6.49. The number of carbonyl (C=O) groups is 2. The quantitative estimate of drug-likeness (QED) is 0.873. The molecule has 0 aromatic carbocycles. The van der Waals surface area contributed by atoms with Crippen LogP contribution in [0.15, 0.2) is 17.8 Å². The van der Waals surface area contributed by atoms with E-state index in [-0.39, 0.29) is 18.1 Å². The van der Waals surface area contributed by atoms with Crippen molar-refractivity contribution < 1.29 is 14.7 Å². The molecule has 7 nitrogen and oxygen atoms in total. The highest BCUT2D eigenvalue weighted by atomic mass is 32.1. The first-order chi connectivity index (χ1) is 10.0. The number of carboxylic acids is 1. The molecule has 0 unspecified atom stereocenters. The van der Waals surface area contributed by atoms with E-state index < -0.39 is 5.97 Å². The van der Waals surface area contributed by atoms with Gasteiger partial charge < -0.3 is 10.0 Å². The fourth-order valence-electron chi connectivity index (χ4n) is 1.88. The molecule has 0 aliphatic rings. The SMILES string of the molecule is CCCN(CC(=O)O)C(=O)c1csc(-c2cnn(C)c2)n1. The minimum absolute atomic E-state index is 0.272. The first kappa shape index (κ1) is 15.2. The molecular formula is C13H16N4O3S. The normalized spacial score (nSPS) is 10.6. The van der Waals surface area contributed by atoms with Crippen molar-refractivity contribution in [3.8, 4) is 10.6 Å². The van der Waals surface area contributed by atoms with Crippen LogP contribution in [0.5, 0.6) is 0 Å². The largest absolute Gasteiger partial charge is 0.480 e. The summed E-state index contributed by atoms with van der Waals surface area (Å²) in [7, 11) is 1.80. The van der Waals surface area contributed by atoms with Gasteiger partial charge in [0.2, 0.25) is 0 Å². The summed E-state index contributed by atoms with van der Waals surface area (Å²) >= 11 is 1.34. The Balaban J connectivity index is 2.18. The van der Waals surface area contributed by atoms with Crippen LogP contribution in [0.3, 0.4) is 0 Å². The van der Waals surface area contributed by atoms with E-state index in [0.717, 1.165) is 5.56 Å². The lowest BCUT2D eigenvalue weighted by Gasteiger charge is -2.18. The number of nitrogens with zero attached hydrogens (tertiary/aromatic N) is 4. The third-order valence-corrected chi connectivity index (χ3v) is 3.67. The van der Waals surface area contributed by atoms with Crippen molar-refractivity contribution in [2.75, 3.05) is 13.1 Å². The topological polar surface area (TPSA) is 88.3 Å². The highest BCUT2D eigenvalue weighted by Crippen LogP contribution is 2.23. The third-order valence-electron chi connectivity index (χ3n) is 2.78. The number of thiazole rings is 1. The predicted octanol–water partition coefficient (Wildman–Crippen LogP) is 1.48. The Morgan fingerprint density at radius 1 is 1.48 bits per heavy atom. The van der Waals surface area contributed by atoms with Crippen molar-refractivity contribution in [2.45, 2.75) is 13.3 Å². The summed E-state index contributed by atoms with van der Waals surface area (Å²) in [4.78, 5) is 28.7. The van der Waals surface area contributed by atoms with Crippen molar-refractivity contribution in [2.24, 2.45) is 7.05 Å². The van der Waals surface area contributed by atoms with E-state index in [1.54, 1.807) is 23.3 Å². The molecule has 0 atom stereocenters. The number of aryl methyl sites for hydroxylation is 1. The lowest BCUT2D eigenvalue weighted by atomic mass is 10.3. The van der Waals surface area contributed by atoms with Crippen LogP contribution in [0, 0.1) is 0 Å². The number of carboxylic acid groups (broad SMARTS) is 1. The number of rotatable bonds is 6. The van der Waals surface area contributed by atoms with Gasteiger partial charge >= 0.3 is 5.97 Å². The molecule has 0 fully saturated rings. The van der Waals surface area contributed by atoms with Crippen LogP contribution < -0.4 is 0 Å². The fourth-order valence-corrected chi connectivity index (χ4v) is 2.65. The number of aromatic nitrogens is 3. The van der Waals surface area contributed by atoms with Crippen molar-refractivity contribution in [3.63, 3.8) is 0 Å². The molecule has 8 heteroatoms. The van der Waals surface area contributed by atoms with E-state index in [1.807, 2.05) is 13.1 Å². The number of hydrogen-bond acceptors (Lipinski definition) is 5. The van der Waals surface area contributed by atoms with Gasteiger partial charge in [0.1, 0.15) is 17.2 Å². The summed E-state index contributed by atoms with van der Waals surface area (Å²) < 4.78 is 1.66. The molecule has 0 aliphatic carbocycles. The summed E-state index contributed by atoms with van der Waals surface area (Å²) in [5.74, 6) is -1.38. The van der Waals surface area contributed by atoms with Crippen LogP contribution in [0.4, 0.5) is 0 Å². The number of amides is 1. The maximum Gasteiger partial charge on any atom is 0.323 e. The predicted molar refractivity (Wildman–Crippen MR) is 78.1 cm³/mol. The molecule has 0 saturated heterocycles. The molecule has 2 aromatic rings. The van der Waals surface area contributed by atoms with E-state index in [1.165, 1.54) is 16.2 Å². The Hall–Kier alpha value is -2.22. The number of aliphatic carboxylic acids is 1. The lowest BCUT2D eigenvalue weighted by Crippen LogP contribution is -2.36. The standard InChI is InChI=1S/C13H16N4O3S/c1-3-4-17(7-11(18)19)13(20)10-8-21-12(15-10)9-5-14-16(2)6-9/h5-6,8H,3-4,7H2,1-2H3,(H,18,19). The van der Waals surface area contributed by atoms with E-state index in [2.05, 4.69) is 10.1 Å². The molecule has 0 radical (unpaired) electrons. The summed E-state index contributed by atoms with van der Waals surface area (Å²) in [6.45, 7) is 1.97. The zero-order chi connectivity index (χ0) is 15.4. The minimum Gasteiger partial charge on any atom is -0.480 e. The first-order valence-electron chi connectivity index (χ1n) is 6.47. The molecule has 1 N–H and O–H groups in total. The Kier molecular flexibility index (Phi) is 4.69. The zero-order valence-corrected chi connectivity index (χ0v) is 12.6. The molecule has 0 saturated carbocycles. The van der Waals surface area contributed by atoms with E-state index in [4.69, 9.17) is 5.11 Å². The Morgan fingerprint density at radius 3 is 2.81 bits per heavy atom. The van der Waals surface area contributed by atoms with Gasteiger partial charge in [0.25, 0.3) is 5.91 Å². The average Bonchev–Trinajstić information content (AvgIpc) is 3.05. The van der Waals surface area contributed by atoms with Crippen LogP contribution in [0.25, 0.3) is 10.6 Å².